The normalized spacial score (nSPS) is 10.5. The molecular formula is C10H8ClN3O2S. The third-order valence-electron chi connectivity index (χ3n) is 2.04. The zero-order valence-electron chi connectivity index (χ0n) is 8.79. The van der Waals surface area contributed by atoms with Crippen LogP contribution in [0.15, 0.2) is 34.6 Å². The maximum Gasteiger partial charge on any atom is 0.336 e. The van der Waals surface area contributed by atoms with Gasteiger partial charge in [0.25, 0.3) is 0 Å². The molecule has 0 atom stereocenters. The van der Waals surface area contributed by atoms with Crippen LogP contribution in [0.3, 0.4) is 0 Å². The monoisotopic (exact) mass is 269 g/mol. The molecule has 0 aliphatic carbocycles. The van der Waals surface area contributed by atoms with Gasteiger partial charge in [-0.15, -0.1) is 10.2 Å². The first-order valence-corrected chi connectivity index (χ1v) is 5.82. The number of benzene rings is 1. The Kier molecular flexibility index (Phi) is 3.35. The number of rotatable bonds is 3. The lowest BCUT2D eigenvalue weighted by atomic mass is 10.2. The Labute approximate surface area is 106 Å². The summed E-state index contributed by atoms with van der Waals surface area (Å²) >= 11 is 7.00. The molecule has 2 rings (SSSR count). The maximum atomic E-state index is 11.1. The van der Waals surface area contributed by atoms with Gasteiger partial charge in [0.2, 0.25) is 0 Å². The van der Waals surface area contributed by atoms with Crippen LogP contribution >= 0.6 is 23.4 Å². The van der Waals surface area contributed by atoms with Gasteiger partial charge in [-0.2, -0.15) is 0 Å². The van der Waals surface area contributed by atoms with E-state index in [9.17, 15) is 4.79 Å². The largest absolute Gasteiger partial charge is 0.478 e. The highest BCUT2D eigenvalue weighted by molar-refractivity contribution is 7.99. The SMILES string of the molecule is Cn1cnnc1Sc1ccc(Cl)cc1C(=O)O. The van der Waals surface area contributed by atoms with Crippen LogP contribution in [0, 0.1) is 0 Å². The number of aryl methyl sites for hydroxylation is 1. The van der Waals surface area contributed by atoms with E-state index in [2.05, 4.69) is 10.2 Å². The van der Waals surface area contributed by atoms with Gasteiger partial charge in [-0.3, -0.25) is 0 Å². The Bertz CT molecular complexity index is 570. The van der Waals surface area contributed by atoms with E-state index in [0.717, 1.165) is 0 Å². The molecule has 7 heteroatoms. The Balaban J connectivity index is 2.39. The van der Waals surface area contributed by atoms with E-state index in [0.29, 0.717) is 15.1 Å². The maximum absolute atomic E-state index is 11.1. The van der Waals surface area contributed by atoms with Crippen molar-refractivity contribution in [2.45, 2.75) is 10.1 Å². The van der Waals surface area contributed by atoms with E-state index in [1.165, 1.54) is 17.8 Å². The molecule has 0 bridgehead atoms. The molecule has 2 aromatic rings. The fraction of sp³-hybridized carbons (Fsp3) is 0.100. The van der Waals surface area contributed by atoms with Gasteiger partial charge in [0.1, 0.15) is 6.33 Å². The molecule has 0 aliphatic heterocycles. The quantitative estimate of drug-likeness (QED) is 0.926. The van der Waals surface area contributed by atoms with Gasteiger partial charge in [0.15, 0.2) is 5.16 Å². The molecule has 0 saturated heterocycles. The van der Waals surface area contributed by atoms with Crippen molar-refractivity contribution >= 4 is 29.3 Å². The summed E-state index contributed by atoms with van der Waals surface area (Å²) in [6.07, 6.45) is 1.55. The lowest BCUT2D eigenvalue weighted by Gasteiger charge is -2.05. The van der Waals surface area contributed by atoms with E-state index in [4.69, 9.17) is 16.7 Å². The van der Waals surface area contributed by atoms with Crippen LogP contribution in [-0.4, -0.2) is 25.8 Å². The summed E-state index contributed by atoms with van der Waals surface area (Å²) in [5, 5.41) is 17.7. The van der Waals surface area contributed by atoms with Gasteiger partial charge >= 0.3 is 5.97 Å². The van der Waals surface area contributed by atoms with Gasteiger partial charge in [0.05, 0.1) is 5.56 Å². The molecular weight excluding hydrogens is 262 g/mol. The van der Waals surface area contributed by atoms with E-state index in [1.54, 1.807) is 30.1 Å². The molecule has 1 heterocycles. The Morgan fingerprint density at radius 2 is 2.29 bits per heavy atom. The lowest BCUT2D eigenvalue weighted by molar-refractivity contribution is 0.0693. The van der Waals surface area contributed by atoms with Crippen LogP contribution < -0.4 is 0 Å². The fourth-order valence-corrected chi connectivity index (χ4v) is 2.26. The summed E-state index contributed by atoms with van der Waals surface area (Å²) in [7, 11) is 1.79. The number of carbonyl (C=O) groups is 1. The molecule has 0 aliphatic rings. The second kappa shape index (κ2) is 4.77. The molecule has 1 N–H and O–H groups in total. The number of carboxylic acid groups (broad SMARTS) is 1. The zero-order chi connectivity index (χ0) is 12.4. The first-order chi connectivity index (χ1) is 8.08. The van der Waals surface area contributed by atoms with Gasteiger partial charge in [-0.1, -0.05) is 11.6 Å². The average Bonchev–Trinajstić information content (AvgIpc) is 2.67. The van der Waals surface area contributed by atoms with E-state index < -0.39 is 5.97 Å². The van der Waals surface area contributed by atoms with Crippen molar-refractivity contribution in [3.05, 3.63) is 35.1 Å². The number of hydrogen-bond acceptors (Lipinski definition) is 4. The molecule has 0 unspecified atom stereocenters. The van der Waals surface area contributed by atoms with Crippen molar-refractivity contribution in [2.24, 2.45) is 7.05 Å². The van der Waals surface area contributed by atoms with Crippen molar-refractivity contribution < 1.29 is 9.90 Å². The van der Waals surface area contributed by atoms with Crippen LogP contribution in [0.25, 0.3) is 0 Å². The first kappa shape index (κ1) is 11.9. The Morgan fingerprint density at radius 3 is 2.88 bits per heavy atom. The van der Waals surface area contributed by atoms with E-state index in [-0.39, 0.29) is 5.56 Å². The molecule has 0 saturated carbocycles. The van der Waals surface area contributed by atoms with Crippen molar-refractivity contribution in [2.75, 3.05) is 0 Å². The van der Waals surface area contributed by atoms with Crippen molar-refractivity contribution in [3.63, 3.8) is 0 Å². The molecule has 17 heavy (non-hydrogen) atoms. The minimum atomic E-state index is -1.02. The predicted molar refractivity (Wildman–Crippen MR) is 63.5 cm³/mol. The summed E-state index contributed by atoms with van der Waals surface area (Å²) in [6.45, 7) is 0. The molecule has 5 nitrogen and oxygen atoms in total. The molecule has 88 valence electrons. The van der Waals surface area contributed by atoms with Crippen molar-refractivity contribution in [1.82, 2.24) is 14.8 Å². The predicted octanol–water partition coefficient (Wildman–Crippen LogP) is 2.32. The summed E-state index contributed by atoms with van der Waals surface area (Å²) in [5.74, 6) is -1.02. The second-order valence-corrected chi connectivity index (χ2v) is 4.72. The van der Waals surface area contributed by atoms with Gasteiger partial charge in [0, 0.05) is 17.0 Å². The zero-order valence-corrected chi connectivity index (χ0v) is 10.4. The molecule has 0 fully saturated rings. The number of carboxylic acids is 1. The number of nitrogens with zero attached hydrogens (tertiary/aromatic N) is 3. The second-order valence-electron chi connectivity index (χ2n) is 3.27. The Hall–Kier alpha value is -1.53. The highest BCUT2D eigenvalue weighted by Gasteiger charge is 2.13. The minimum absolute atomic E-state index is 0.158. The third kappa shape index (κ3) is 2.59. The average molecular weight is 270 g/mol. The summed E-state index contributed by atoms with van der Waals surface area (Å²) in [6, 6.07) is 4.72. The minimum Gasteiger partial charge on any atom is -0.478 e. The van der Waals surface area contributed by atoms with E-state index in [1.807, 2.05) is 0 Å². The number of aromatic carboxylic acids is 1. The van der Waals surface area contributed by atoms with Crippen LogP contribution in [0.4, 0.5) is 0 Å². The van der Waals surface area contributed by atoms with Crippen LogP contribution in [0.2, 0.25) is 5.02 Å². The lowest BCUT2D eigenvalue weighted by Crippen LogP contribution is -1.99. The van der Waals surface area contributed by atoms with Crippen LogP contribution in [0.1, 0.15) is 10.4 Å². The molecule has 0 amide bonds. The number of hydrogen-bond donors (Lipinski definition) is 1. The fourth-order valence-electron chi connectivity index (χ4n) is 1.22. The van der Waals surface area contributed by atoms with Crippen LogP contribution in [-0.2, 0) is 7.05 Å². The highest BCUT2D eigenvalue weighted by Crippen LogP contribution is 2.30. The van der Waals surface area contributed by atoms with Crippen LogP contribution in [0.5, 0.6) is 0 Å². The first-order valence-electron chi connectivity index (χ1n) is 4.62. The topological polar surface area (TPSA) is 68.0 Å². The van der Waals surface area contributed by atoms with Gasteiger partial charge in [-0.05, 0) is 30.0 Å². The standard InChI is InChI=1S/C10H8ClN3O2S/c1-14-5-12-13-10(14)17-8-3-2-6(11)4-7(8)9(15)16/h2-5H,1H3,(H,15,16). The summed E-state index contributed by atoms with van der Waals surface area (Å²) in [5.41, 5.74) is 0.158. The smallest absolute Gasteiger partial charge is 0.336 e. The highest BCUT2D eigenvalue weighted by atomic mass is 35.5. The summed E-state index contributed by atoms with van der Waals surface area (Å²) in [4.78, 5) is 11.7. The number of halogens is 1. The molecule has 1 aromatic carbocycles. The summed E-state index contributed by atoms with van der Waals surface area (Å²) < 4.78 is 1.71. The van der Waals surface area contributed by atoms with Crippen molar-refractivity contribution in [3.8, 4) is 0 Å². The molecule has 1 aromatic heterocycles. The molecule has 0 radical (unpaired) electrons. The van der Waals surface area contributed by atoms with Gasteiger partial charge in [-0.25, -0.2) is 4.79 Å². The third-order valence-corrected chi connectivity index (χ3v) is 3.41. The van der Waals surface area contributed by atoms with Gasteiger partial charge < -0.3 is 9.67 Å². The molecule has 0 spiro atoms. The number of aromatic nitrogens is 3. The van der Waals surface area contributed by atoms with E-state index >= 15 is 0 Å². The van der Waals surface area contributed by atoms with Crippen molar-refractivity contribution in [1.29, 1.82) is 0 Å². The Morgan fingerprint density at radius 1 is 1.53 bits per heavy atom.